The maximum Gasteiger partial charge on any atom is 0.251 e. The molecule has 2 heterocycles. The van der Waals surface area contributed by atoms with Gasteiger partial charge in [-0.3, -0.25) is 9.59 Å². The largest absolute Gasteiger partial charge is 0.366 e. The van der Waals surface area contributed by atoms with E-state index in [-0.39, 0.29) is 5.91 Å². The Morgan fingerprint density at radius 1 is 1.12 bits per heavy atom. The number of fused-ring (bicyclic) bond motifs is 1. The van der Waals surface area contributed by atoms with E-state index in [9.17, 15) is 9.59 Å². The standard InChI is InChI=1S/C20H22N4O2/c1-3-5-16-18(13-6-8-14(9-7-13)20(26)22-4-2)17-12-15(19(21)25)10-11-24(17)23-16/h6-12H,3-5H2,1-2H3,(H2,21,25)(H,22,26). The van der Waals surface area contributed by atoms with Crippen molar-refractivity contribution in [1.82, 2.24) is 14.9 Å². The van der Waals surface area contributed by atoms with Crippen molar-refractivity contribution in [2.24, 2.45) is 5.73 Å². The van der Waals surface area contributed by atoms with Crippen LogP contribution in [0.2, 0.25) is 0 Å². The molecule has 0 aliphatic heterocycles. The number of hydrogen-bond acceptors (Lipinski definition) is 3. The van der Waals surface area contributed by atoms with E-state index >= 15 is 0 Å². The molecular formula is C20H22N4O2. The first-order chi connectivity index (χ1) is 12.5. The van der Waals surface area contributed by atoms with Gasteiger partial charge in [0.15, 0.2) is 0 Å². The molecule has 6 heteroatoms. The molecule has 134 valence electrons. The zero-order chi connectivity index (χ0) is 18.7. The monoisotopic (exact) mass is 350 g/mol. The number of primary amides is 1. The first kappa shape index (κ1) is 17.7. The lowest BCUT2D eigenvalue weighted by Crippen LogP contribution is -2.22. The van der Waals surface area contributed by atoms with Crippen LogP contribution in [0.5, 0.6) is 0 Å². The molecule has 3 aromatic rings. The van der Waals surface area contributed by atoms with Crippen molar-refractivity contribution in [1.29, 1.82) is 0 Å². The number of carbonyl (C=O) groups is 2. The Kier molecular flexibility index (Phi) is 5.02. The Morgan fingerprint density at radius 3 is 2.46 bits per heavy atom. The van der Waals surface area contributed by atoms with Crippen LogP contribution in [0.15, 0.2) is 42.6 Å². The summed E-state index contributed by atoms with van der Waals surface area (Å²) >= 11 is 0. The van der Waals surface area contributed by atoms with Gasteiger partial charge in [-0.1, -0.05) is 25.5 Å². The van der Waals surface area contributed by atoms with Crippen molar-refractivity contribution in [3.05, 3.63) is 59.4 Å². The van der Waals surface area contributed by atoms with E-state index in [2.05, 4.69) is 17.3 Å². The smallest absolute Gasteiger partial charge is 0.251 e. The lowest BCUT2D eigenvalue weighted by atomic mass is 9.99. The molecule has 2 amide bonds. The third-order valence-electron chi connectivity index (χ3n) is 4.25. The van der Waals surface area contributed by atoms with Crippen LogP contribution in [-0.2, 0) is 6.42 Å². The molecule has 3 N–H and O–H groups in total. The number of carbonyl (C=O) groups excluding carboxylic acids is 2. The zero-order valence-corrected chi connectivity index (χ0v) is 15.0. The van der Waals surface area contributed by atoms with E-state index in [0.29, 0.717) is 17.7 Å². The Bertz CT molecular complexity index is 958. The van der Waals surface area contributed by atoms with Crippen LogP contribution >= 0.6 is 0 Å². The molecule has 0 atom stereocenters. The summed E-state index contributed by atoms with van der Waals surface area (Å²) in [6.45, 7) is 4.57. The third-order valence-corrected chi connectivity index (χ3v) is 4.25. The highest BCUT2D eigenvalue weighted by molar-refractivity contribution is 5.97. The second kappa shape index (κ2) is 7.39. The van der Waals surface area contributed by atoms with E-state index < -0.39 is 5.91 Å². The average Bonchev–Trinajstić information content (AvgIpc) is 2.99. The molecule has 0 spiro atoms. The van der Waals surface area contributed by atoms with Gasteiger partial charge in [0, 0.05) is 29.4 Å². The Hall–Kier alpha value is -3.15. The number of pyridine rings is 1. The molecule has 0 radical (unpaired) electrons. The molecule has 3 rings (SSSR count). The number of amides is 2. The van der Waals surface area contributed by atoms with Crippen LogP contribution in [0.1, 0.15) is 46.7 Å². The molecule has 0 saturated carbocycles. The number of nitrogens with two attached hydrogens (primary N) is 1. The maximum absolute atomic E-state index is 12.0. The SMILES string of the molecule is CCCc1nn2ccc(C(N)=O)cc2c1-c1ccc(C(=O)NCC)cc1. The van der Waals surface area contributed by atoms with Crippen molar-refractivity contribution in [2.75, 3.05) is 6.54 Å². The highest BCUT2D eigenvalue weighted by Gasteiger charge is 2.16. The molecule has 6 nitrogen and oxygen atoms in total. The van der Waals surface area contributed by atoms with E-state index in [1.54, 1.807) is 35.0 Å². The maximum atomic E-state index is 12.0. The number of nitrogens with zero attached hydrogens (tertiary/aromatic N) is 2. The van der Waals surface area contributed by atoms with Crippen LogP contribution in [0, 0.1) is 0 Å². The summed E-state index contributed by atoms with van der Waals surface area (Å²) in [6, 6.07) is 10.9. The van der Waals surface area contributed by atoms with Gasteiger partial charge in [0.05, 0.1) is 11.2 Å². The molecule has 26 heavy (non-hydrogen) atoms. The van der Waals surface area contributed by atoms with Crippen LogP contribution in [0.25, 0.3) is 16.6 Å². The van der Waals surface area contributed by atoms with Crippen LogP contribution in [0.3, 0.4) is 0 Å². The Morgan fingerprint density at radius 2 is 1.85 bits per heavy atom. The Balaban J connectivity index is 2.12. The van der Waals surface area contributed by atoms with Gasteiger partial charge in [-0.05, 0) is 43.2 Å². The molecular weight excluding hydrogens is 328 g/mol. The second-order valence-corrected chi connectivity index (χ2v) is 6.12. The molecule has 0 aliphatic carbocycles. The molecule has 0 bridgehead atoms. The Labute approximate surface area is 152 Å². The van der Waals surface area contributed by atoms with Crippen molar-refractivity contribution in [3.63, 3.8) is 0 Å². The minimum Gasteiger partial charge on any atom is -0.366 e. The van der Waals surface area contributed by atoms with Crippen molar-refractivity contribution in [3.8, 4) is 11.1 Å². The average molecular weight is 350 g/mol. The van der Waals surface area contributed by atoms with E-state index in [1.165, 1.54) is 0 Å². The summed E-state index contributed by atoms with van der Waals surface area (Å²) in [5.74, 6) is -0.563. The van der Waals surface area contributed by atoms with Crippen molar-refractivity contribution in [2.45, 2.75) is 26.7 Å². The fourth-order valence-electron chi connectivity index (χ4n) is 3.02. The van der Waals surface area contributed by atoms with Crippen LogP contribution < -0.4 is 11.1 Å². The van der Waals surface area contributed by atoms with Gasteiger partial charge in [0.2, 0.25) is 5.91 Å². The fraction of sp³-hybridized carbons (Fsp3) is 0.250. The number of nitrogens with one attached hydrogen (secondary N) is 1. The van der Waals surface area contributed by atoms with Gasteiger partial charge in [0.25, 0.3) is 5.91 Å². The normalized spacial score (nSPS) is 10.8. The van der Waals surface area contributed by atoms with E-state index in [1.807, 2.05) is 19.1 Å². The van der Waals surface area contributed by atoms with E-state index in [0.717, 1.165) is 35.2 Å². The van der Waals surface area contributed by atoms with Gasteiger partial charge < -0.3 is 11.1 Å². The third kappa shape index (κ3) is 3.31. The minimum absolute atomic E-state index is 0.0938. The predicted octanol–water partition coefficient (Wildman–Crippen LogP) is 2.80. The second-order valence-electron chi connectivity index (χ2n) is 6.12. The quantitative estimate of drug-likeness (QED) is 0.716. The zero-order valence-electron chi connectivity index (χ0n) is 15.0. The molecule has 1 aromatic carbocycles. The number of aryl methyl sites for hydroxylation is 1. The first-order valence-electron chi connectivity index (χ1n) is 8.74. The highest BCUT2D eigenvalue weighted by atomic mass is 16.2. The lowest BCUT2D eigenvalue weighted by Gasteiger charge is -2.06. The van der Waals surface area contributed by atoms with Gasteiger partial charge in [-0.25, -0.2) is 4.52 Å². The van der Waals surface area contributed by atoms with Crippen molar-refractivity contribution >= 4 is 17.3 Å². The van der Waals surface area contributed by atoms with Gasteiger partial charge in [-0.2, -0.15) is 5.10 Å². The summed E-state index contributed by atoms with van der Waals surface area (Å²) in [6.07, 6.45) is 3.53. The molecule has 0 unspecified atom stereocenters. The number of benzene rings is 1. The fourth-order valence-corrected chi connectivity index (χ4v) is 3.02. The van der Waals surface area contributed by atoms with E-state index in [4.69, 9.17) is 5.73 Å². The topological polar surface area (TPSA) is 89.5 Å². The summed E-state index contributed by atoms with van der Waals surface area (Å²) < 4.78 is 1.77. The summed E-state index contributed by atoms with van der Waals surface area (Å²) in [5, 5.41) is 7.44. The molecule has 2 aromatic heterocycles. The lowest BCUT2D eigenvalue weighted by molar-refractivity contribution is 0.0954. The highest BCUT2D eigenvalue weighted by Crippen LogP contribution is 2.30. The number of hydrogen-bond donors (Lipinski definition) is 2. The van der Waals surface area contributed by atoms with Gasteiger partial charge in [-0.15, -0.1) is 0 Å². The van der Waals surface area contributed by atoms with Gasteiger partial charge >= 0.3 is 0 Å². The summed E-state index contributed by atoms with van der Waals surface area (Å²) in [5.41, 5.74) is 10.2. The van der Waals surface area contributed by atoms with Gasteiger partial charge in [0.1, 0.15) is 0 Å². The van der Waals surface area contributed by atoms with Crippen molar-refractivity contribution < 1.29 is 9.59 Å². The molecule has 0 aliphatic rings. The number of aromatic nitrogens is 2. The predicted molar refractivity (Wildman–Crippen MR) is 101 cm³/mol. The first-order valence-corrected chi connectivity index (χ1v) is 8.74. The minimum atomic E-state index is -0.469. The summed E-state index contributed by atoms with van der Waals surface area (Å²) in [7, 11) is 0. The van der Waals surface area contributed by atoms with Crippen LogP contribution in [0.4, 0.5) is 0 Å². The number of rotatable bonds is 6. The molecule has 0 fully saturated rings. The van der Waals surface area contributed by atoms with Crippen LogP contribution in [-0.4, -0.2) is 28.0 Å². The molecule has 0 saturated heterocycles. The summed E-state index contributed by atoms with van der Waals surface area (Å²) in [4.78, 5) is 23.5.